The molecule has 0 atom stereocenters. The fraction of sp³-hybridized carbons (Fsp3) is 0.391. The van der Waals surface area contributed by atoms with Crippen molar-refractivity contribution in [3.8, 4) is 17.2 Å². The molecule has 0 saturated carbocycles. The van der Waals surface area contributed by atoms with Crippen LogP contribution < -0.4 is 0 Å². The van der Waals surface area contributed by atoms with E-state index >= 15 is 0 Å². The Morgan fingerprint density at radius 2 is 1.78 bits per heavy atom. The summed E-state index contributed by atoms with van der Waals surface area (Å²) in [5, 5.41) is 9.04. The Labute approximate surface area is 162 Å². The van der Waals surface area contributed by atoms with Gasteiger partial charge in [0.2, 0.25) is 0 Å². The largest absolute Gasteiger partial charge is 0.337 e. The van der Waals surface area contributed by atoms with Crippen LogP contribution in [0.25, 0.3) is 11.1 Å². The quantitative estimate of drug-likeness (QED) is 0.826. The standard InChI is InChI=1S/C23H27N3O/c1-17(2)21-10-9-20(23(27)26-12-4-11-25(3)13-14-26)15-22(21)19-7-5-18(16-24)6-8-19/h5-10,15,17H,4,11-14H2,1-3H3. The topological polar surface area (TPSA) is 47.3 Å². The molecule has 1 heterocycles. The lowest BCUT2D eigenvalue weighted by molar-refractivity contribution is 0.0763. The van der Waals surface area contributed by atoms with Gasteiger partial charge in [-0.3, -0.25) is 4.79 Å². The highest BCUT2D eigenvalue weighted by Crippen LogP contribution is 2.31. The number of nitrogens with zero attached hydrogens (tertiary/aromatic N) is 3. The van der Waals surface area contributed by atoms with E-state index in [9.17, 15) is 4.79 Å². The van der Waals surface area contributed by atoms with Crippen LogP contribution in [0.4, 0.5) is 0 Å². The fourth-order valence-corrected chi connectivity index (χ4v) is 3.60. The lowest BCUT2D eigenvalue weighted by Crippen LogP contribution is -2.34. The van der Waals surface area contributed by atoms with E-state index in [1.807, 2.05) is 41.3 Å². The molecule has 1 saturated heterocycles. The minimum Gasteiger partial charge on any atom is -0.337 e. The molecule has 1 fully saturated rings. The molecule has 1 amide bonds. The smallest absolute Gasteiger partial charge is 0.253 e. The summed E-state index contributed by atoms with van der Waals surface area (Å²) in [5.41, 5.74) is 4.72. The maximum atomic E-state index is 13.1. The van der Waals surface area contributed by atoms with Crippen LogP contribution >= 0.6 is 0 Å². The minimum atomic E-state index is 0.107. The molecule has 0 radical (unpaired) electrons. The highest BCUT2D eigenvalue weighted by atomic mass is 16.2. The molecule has 2 aromatic rings. The number of hydrogen-bond donors (Lipinski definition) is 0. The van der Waals surface area contributed by atoms with E-state index in [1.54, 1.807) is 0 Å². The van der Waals surface area contributed by atoms with Gasteiger partial charge in [0, 0.05) is 25.2 Å². The first-order valence-corrected chi connectivity index (χ1v) is 9.62. The number of likely N-dealkylation sites (N-methyl/N-ethyl adjacent to an activating group) is 1. The van der Waals surface area contributed by atoms with Gasteiger partial charge in [-0.2, -0.15) is 5.26 Å². The zero-order valence-electron chi connectivity index (χ0n) is 16.4. The summed E-state index contributed by atoms with van der Waals surface area (Å²) in [4.78, 5) is 17.3. The zero-order valence-corrected chi connectivity index (χ0v) is 16.4. The Morgan fingerprint density at radius 1 is 1.04 bits per heavy atom. The van der Waals surface area contributed by atoms with Crippen LogP contribution in [0.2, 0.25) is 0 Å². The predicted molar refractivity (Wildman–Crippen MR) is 109 cm³/mol. The number of carbonyl (C=O) groups excluding carboxylic acids is 1. The van der Waals surface area contributed by atoms with Crippen LogP contribution in [0, 0.1) is 11.3 Å². The Kier molecular flexibility index (Phi) is 5.93. The minimum absolute atomic E-state index is 0.107. The van der Waals surface area contributed by atoms with Gasteiger partial charge in [0.15, 0.2) is 0 Å². The van der Waals surface area contributed by atoms with E-state index in [0.29, 0.717) is 11.5 Å². The summed E-state index contributed by atoms with van der Waals surface area (Å²) in [7, 11) is 2.11. The van der Waals surface area contributed by atoms with Crippen LogP contribution in [-0.2, 0) is 0 Å². The second kappa shape index (κ2) is 8.37. The van der Waals surface area contributed by atoms with Crippen LogP contribution in [0.3, 0.4) is 0 Å². The Morgan fingerprint density at radius 3 is 2.44 bits per heavy atom. The molecule has 0 bridgehead atoms. The van der Waals surface area contributed by atoms with Gasteiger partial charge in [-0.25, -0.2) is 0 Å². The van der Waals surface area contributed by atoms with Crippen molar-refractivity contribution in [2.24, 2.45) is 0 Å². The van der Waals surface area contributed by atoms with Crippen LogP contribution in [-0.4, -0.2) is 48.9 Å². The van der Waals surface area contributed by atoms with Crippen LogP contribution in [0.1, 0.15) is 47.7 Å². The van der Waals surface area contributed by atoms with E-state index in [4.69, 9.17) is 5.26 Å². The van der Waals surface area contributed by atoms with Crippen LogP contribution in [0.5, 0.6) is 0 Å². The summed E-state index contributed by atoms with van der Waals surface area (Å²) in [6, 6.07) is 15.8. The number of benzene rings is 2. The second-order valence-corrected chi connectivity index (χ2v) is 7.59. The molecule has 1 aliphatic heterocycles. The summed E-state index contributed by atoms with van der Waals surface area (Å²) in [6.07, 6.45) is 1.01. The van der Waals surface area contributed by atoms with E-state index < -0.39 is 0 Å². The van der Waals surface area contributed by atoms with E-state index in [1.165, 1.54) is 5.56 Å². The first-order valence-electron chi connectivity index (χ1n) is 9.62. The SMILES string of the molecule is CC(C)c1ccc(C(=O)N2CCCN(C)CC2)cc1-c1ccc(C#N)cc1. The molecule has 0 aliphatic carbocycles. The van der Waals surface area contributed by atoms with Crippen molar-refractivity contribution in [2.75, 3.05) is 33.2 Å². The van der Waals surface area contributed by atoms with Crippen molar-refractivity contribution in [1.82, 2.24) is 9.80 Å². The van der Waals surface area contributed by atoms with E-state index in [0.717, 1.165) is 49.3 Å². The van der Waals surface area contributed by atoms with Gasteiger partial charge in [-0.1, -0.05) is 32.0 Å². The molecule has 0 N–H and O–H groups in total. The summed E-state index contributed by atoms with van der Waals surface area (Å²) in [6.45, 7) is 7.85. The molecule has 3 rings (SSSR count). The first-order chi connectivity index (χ1) is 13.0. The van der Waals surface area contributed by atoms with Gasteiger partial charge in [-0.05, 0) is 66.9 Å². The molecule has 1 aliphatic rings. The Bertz CT molecular complexity index is 849. The molecular weight excluding hydrogens is 334 g/mol. The lowest BCUT2D eigenvalue weighted by atomic mass is 9.90. The summed E-state index contributed by atoms with van der Waals surface area (Å²) >= 11 is 0. The zero-order chi connectivity index (χ0) is 19.4. The first kappa shape index (κ1) is 19.1. The monoisotopic (exact) mass is 361 g/mol. The molecule has 4 heteroatoms. The predicted octanol–water partition coefficient (Wildman–Crippen LogP) is 4.13. The molecule has 0 unspecified atom stereocenters. The van der Waals surface area contributed by atoms with E-state index in [2.05, 4.69) is 37.9 Å². The lowest BCUT2D eigenvalue weighted by Gasteiger charge is -2.22. The van der Waals surface area contributed by atoms with Gasteiger partial charge in [-0.15, -0.1) is 0 Å². The van der Waals surface area contributed by atoms with Crippen molar-refractivity contribution in [2.45, 2.75) is 26.2 Å². The van der Waals surface area contributed by atoms with Crippen molar-refractivity contribution < 1.29 is 4.79 Å². The highest BCUT2D eigenvalue weighted by molar-refractivity contribution is 5.96. The highest BCUT2D eigenvalue weighted by Gasteiger charge is 2.20. The fourth-order valence-electron chi connectivity index (χ4n) is 3.60. The third-order valence-electron chi connectivity index (χ3n) is 5.25. The van der Waals surface area contributed by atoms with Crippen molar-refractivity contribution in [1.29, 1.82) is 5.26 Å². The molecule has 2 aromatic carbocycles. The number of carbonyl (C=O) groups is 1. The van der Waals surface area contributed by atoms with Gasteiger partial charge in [0.25, 0.3) is 5.91 Å². The third-order valence-corrected chi connectivity index (χ3v) is 5.25. The maximum Gasteiger partial charge on any atom is 0.253 e. The summed E-state index contributed by atoms with van der Waals surface area (Å²) in [5.74, 6) is 0.460. The Hall–Kier alpha value is -2.64. The second-order valence-electron chi connectivity index (χ2n) is 7.59. The van der Waals surface area contributed by atoms with Gasteiger partial charge >= 0.3 is 0 Å². The molecule has 27 heavy (non-hydrogen) atoms. The number of rotatable bonds is 3. The Balaban J connectivity index is 1.95. The molecule has 140 valence electrons. The molecule has 0 aromatic heterocycles. The third kappa shape index (κ3) is 4.37. The van der Waals surface area contributed by atoms with Crippen molar-refractivity contribution in [3.05, 3.63) is 59.2 Å². The normalized spacial score (nSPS) is 15.4. The van der Waals surface area contributed by atoms with E-state index in [-0.39, 0.29) is 5.91 Å². The molecule has 4 nitrogen and oxygen atoms in total. The number of amides is 1. The molecular formula is C23H27N3O. The van der Waals surface area contributed by atoms with Gasteiger partial charge in [0.05, 0.1) is 11.6 Å². The summed E-state index contributed by atoms with van der Waals surface area (Å²) < 4.78 is 0. The number of nitriles is 1. The average Bonchev–Trinajstić information content (AvgIpc) is 2.91. The van der Waals surface area contributed by atoms with Gasteiger partial charge < -0.3 is 9.80 Å². The van der Waals surface area contributed by atoms with Crippen molar-refractivity contribution >= 4 is 5.91 Å². The average molecular weight is 361 g/mol. The maximum absolute atomic E-state index is 13.1. The van der Waals surface area contributed by atoms with Crippen molar-refractivity contribution in [3.63, 3.8) is 0 Å². The number of hydrogen-bond acceptors (Lipinski definition) is 3. The molecule has 0 spiro atoms. The van der Waals surface area contributed by atoms with Crippen LogP contribution in [0.15, 0.2) is 42.5 Å². The van der Waals surface area contributed by atoms with Gasteiger partial charge in [0.1, 0.15) is 0 Å².